The second kappa shape index (κ2) is 7.55. The molecule has 0 heterocycles. The molecule has 2 aromatic carbocycles. The molecule has 0 saturated carbocycles. The maximum atomic E-state index is 12.1. The quantitative estimate of drug-likeness (QED) is 0.623. The highest BCUT2D eigenvalue weighted by Gasteiger charge is 2.11. The van der Waals surface area contributed by atoms with E-state index in [1.54, 1.807) is 0 Å². The Kier molecular flexibility index (Phi) is 5.71. The summed E-state index contributed by atoms with van der Waals surface area (Å²) >= 11 is 17.8. The number of methoxy groups -OCH3 is 1. The first-order valence-electron chi connectivity index (χ1n) is 6.31. The van der Waals surface area contributed by atoms with E-state index in [9.17, 15) is 9.59 Å². The van der Waals surface area contributed by atoms with E-state index >= 15 is 0 Å². The van der Waals surface area contributed by atoms with Crippen LogP contribution in [0.4, 0.5) is 5.69 Å². The van der Waals surface area contributed by atoms with E-state index < -0.39 is 11.9 Å². The number of ether oxygens (including phenoxy) is 1. The van der Waals surface area contributed by atoms with Gasteiger partial charge < -0.3 is 4.74 Å². The molecule has 1 amide bonds. The number of halogens is 3. The smallest absolute Gasteiger partial charge is 0.337 e. The van der Waals surface area contributed by atoms with Gasteiger partial charge in [0, 0.05) is 10.6 Å². The van der Waals surface area contributed by atoms with E-state index in [-0.39, 0.29) is 10.0 Å². The van der Waals surface area contributed by atoms with E-state index in [0.717, 1.165) is 0 Å². The zero-order valence-electron chi connectivity index (χ0n) is 11.8. The molecule has 120 valence electrons. The van der Waals surface area contributed by atoms with Crippen molar-refractivity contribution in [2.45, 2.75) is 0 Å². The van der Waals surface area contributed by atoms with Crippen molar-refractivity contribution in [1.82, 2.24) is 5.43 Å². The minimum Gasteiger partial charge on any atom is -0.465 e. The van der Waals surface area contributed by atoms with E-state index in [4.69, 9.17) is 34.8 Å². The minimum atomic E-state index is -0.477. The molecular formula is C15H11Cl3N2O3. The summed E-state index contributed by atoms with van der Waals surface area (Å²) in [6.07, 6.45) is 0. The molecule has 0 saturated heterocycles. The number of hydrogen-bond acceptors (Lipinski definition) is 4. The standard InChI is InChI=1S/C15H11Cl3N2O3/c1-23-15(22)9-4-2-8(3-5-9)14(21)20-19-13-11(17)6-10(16)7-12(13)18/h2-7,19H,1H3,(H,20,21). The molecule has 23 heavy (non-hydrogen) atoms. The fourth-order valence-electron chi connectivity index (χ4n) is 1.73. The number of benzene rings is 2. The van der Waals surface area contributed by atoms with Gasteiger partial charge in [-0.05, 0) is 36.4 Å². The van der Waals surface area contributed by atoms with Crippen LogP contribution < -0.4 is 10.9 Å². The van der Waals surface area contributed by atoms with Crippen molar-refractivity contribution in [1.29, 1.82) is 0 Å². The molecule has 0 fully saturated rings. The number of hydrazine groups is 1. The van der Waals surface area contributed by atoms with Gasteiger partial charge in [-0.1, -0.05) is 34.8 Å². The molecule has 2 aromatic rings. The van der Waals surface area contributed by atoms with Crippen LogP contribution in [0.1, 0.15) is 20.7 Å². The molecular weight excluding hydrogens is 363 g/mol. The number of carbonyl (C=O) groups excluding carboxylic acids is 2. The van der Waals surface area contributed by atoms with Crippen molar-refractivity contribution in [2.24, 2.45) is 0 Å². The SMILES string of the molecule is COC(=O)c1ccc(C(=O)NNc2c(Cl)cc(Cl)cc2Cl)cc1. The van der Waals surface area contributed by atoms with Crippen LogP contribution in [0.5, 0.6) is 0 Å². The van der Waals surface area contributed by atoms with Crippen molar-refractivity contribution in [2.75, 3.05) is 12.5 Å². The second-order valence-electron chi connectivity index (χ2n) is 4.39. The Morgan fingerprint density at radius 1 is 0.957 bits per heavy atom. The number of rotatable bonds is 4. The average Bonchev–Trinajstić information content (AvgIpc) is 2.53. The highest BCUT2D eigenvalue weighted by atomic mass is 35.5. The molecule has 0 aromatic heterocycles. The van der Waals surface area contributed by atoms with Gasteiger partial charge in [0.05, 0.1) is 28.4 Å². The fraction of sp³-hybridized carbons (Fsp3) is 0.0667. The van der Waals surface area contributed by atoms with Crippen molar-refractivity contribution in [3.63, 3.8) is 0 Å². The second-order valence-corrected chi connectivity index (χ2v) is 5.64. The highest BCUT2D eigenvalue weighted by molar-refractivity contribution is 6.41. The van der Waals surface area contributed by atoms with Gasteiger partial charge in [0.2, 0.25) is 0 Å². The van der Waals surface area contributed by atoms with E-state index in [0.29, 0.717) is 21.8 Å². The Morgan fingerprint density at radius 3 is 2.00 bits per heavy atom. The first-order valence-corrected chi connectivity index (χ1v) is 7.45. The molecule has 0 atom stereocenters. The summed E-state index contributed by atoms with van der Waals surface area (Å²) in [6.45, 7) is 0. The predicted molar refractivity (Wildman–Crippen MR) is 90.3 cm³/mol. The van der Waals surface area contributed by atoms with E-state index in [1.165, 1.54) is 43.5 Å². The van der Waals surface area contributed by atoms with Crippen LogP contribution in [-0.4, -0.2) is 19.0 Å². The Balaban J connectivity index is 2.07. The lowest BCUT2D eigenvalue weighted by Crippen LogP contribution is -2.29. The summed E-state index contributed by atoms with van der Waals surface area (Å²) in [5.41, 5.74) is 6.12. The number of esters is 1. The zero-order valence-corrected chi connectivity index (χ0v) is 14.1. The van der Waals surface area contributed by atoms with Gasteiger partial charge in [-0.15, -0.1) is 0 Å². The number of anilines is 1. The van der Waals surface area contributed by atoms with Gasteiger partial charge in [0.25, 0.3) is 5.91 Å². The lowest BCUT2D eigenvalue weighted by molar-refractivity contribution is 0.0600. The largest absolute Gasteiger partial charge is 0.465 e. The van der Waals surface area contributed by atoms with Crippen molar-refractivity contribution < 1.29 is 14.3 Å². The third-order valence-corrected chi connectivity index (χ3v) is 3.69. The maximum absolute atomic E-state index is 12.1. The topological polar surface area (TPSA) is 67.4 Å². The monoisotopic (exact) mass is 372 g/mol. The number of amides is 1. The summed E-state index contributed by atoms with van der Waals surface area (Å²) in [6, 6.07) is 8.96. The molecule has 2 N–H and O–H groups in total. The average molecular weight is 374 g/mol. The summed E-state index contributed by atoms with van der Waals surface area (Å²) in [7, 11) is 1.28. The van der Waals surface area contributed by atoms with Gasteiger partial charge in [-0.25, -0.2) is 4.79 Å². The van der Waals surface area contributed by atoms with Crippen molar-refractivity contribution >= 4 is 52.4 Å². The van der Waals surface area contributed by atoms with Crippen LogP contribution in [0.25, 0.3) is 0 Å². The van der Waals surface area contributed by atoms with Gasteiger partial charge >= 0.3 is 5.97 Å². The van der Waals surface area contributed by atoms with Crippen LogP contribution in [0.15, 0.2) is 36.4 Å². The van der Waals surface area contributed by atoms with Crippen LogP contribution in [0.2, 0.25) is 15.1 Å². The summed E-state index contributed by atoms with van der Waals surface area (Å²) in [5.74, 6) is -0.904. The highest BCUT2D eigenvalue weighted by Crippen LogP contribution is 2.33. The molecule has 8 heteroatoms. The van der Waals surface area contributed by atoms with Gasteiger partial charge in [-0.3, -0.25) is 15.6 Å². The Bertz CT molecular complexity index is 725. The van der Waals surface area contributed by atoms with Crippen LogP contribution in [0, 0.1) is 0 Å². The molecule has 0 spiro atoms. The molecule has 2 rings (SSSR count). The summed E-state index contributed by atoms with van der Waals surface area (Å²) < 4.78 is 4.59. The molecule has 5 nitrogen and oxygen atoms in total. The third kappa shape index (κ3) is 4.28. The predicted octanol–water partition coefficient (Wildman–Crippen LogP) is 4.19. The first-order chi connectivity index (χ1) is 10.9. The molecule has 0 radical (unpaired) electrons. The Morgan fingerprint density at radius 2 is 1.48 bits per heavy atom. The minimum absolute atomic E-state index is 0.267. The lowest BCUT2D eigenvalue weighted by atomic mass is 10.1. The molecule has 0 unspecified atom stereocenters. The van der Waals surface area contributed by atoms with Gasteiger partial charge in [0.1, 0.15) is 0 Å². The summed E-state index contributed by atoms with van der Waals surface area (Å²) in [4.78, 5) is 23.4. The molecule has 0 aliphatic rings. The van der Waals surface area contributed by atoms with E-state index in [2.05, 4.69) is 15.6 Å². The van der Waals surface area contributed by atoms with Gasteiger partial charge in [-0.2, -0.15) is 0 Å². The third-order valence-electron chi connectivity index (χ3n) is 2.88. The first kappa shape index (κ1) is 17.4. The fourth-order valence-corrected chi connectivity index (χ4v) is 2.64. The number of hydrogen-bond donors (Lipinski definition) is 2. The van der Waals surface area contributed by atoms with E-state index in [1.807, 2.05) is 0 Å². The number of carbonyl (C=O) groups is 2. The zero-order chi connectivity index (χ0) is 17.0. The Hall–Kier alpha value is -1.95. The lowest BCUT2D eigenvalue weighted by Gasteiger charge is -2.12. The molecule has 0 aliphatic carbocycles. The summed E-state index contributed by atoms with van der Waals surface area (Å²) in [5, 5.41) is 0.919. The maximum Gasteiger partial charge on any atom is 0.337 e. The number of nitrogens with one attached hydrogen (secondary N) is 2. The van der Waals surface area contributed by atoms with Crippen LogP contribution >= 0.6 is 34.8 Å². The van der Waals surface area contributed by atoms with Crippen molar-refractivity contribution in [3.8, 4) is 0 Å². The molecule has 0 bridgehead atoms. The van der Waals surface area contributed by atoms with Crippen molar-refractivity contribution in [3.05, 3.63) is 62.6 Å². The normalized spacial score (nSPS) is 10.1. The Labute approximate surface area is 147 Å². The molecule has 0 aliphatic heterocycles. The van der Waals surface area contributed by atoms with Crippen LogP contribution in [-0.2, 0) is 4.74 Å². The van der Waals surface area contributed by atoms with Gasteiger partial charge in [0.15, 0.2) is 0 Å². The van der Waals surface area contributed by atoms with Crippen LogP contribution in [0.3, 0.4) is 0 Å².